The molecule has 0 radical (unpaired) electrons. The first-order valence-electron chi connectivity index (χ1n) is 24.8. The van der Waals surface area contributed by atoms with Gasteiger partial charge >= 0.3 is 0 Å². The second kappa shape index (κ2) is 18.6. The number of hydrogen-bond donors (Lipinski definition) is 16. The van der Waals surface area contributed by atoms with Gasteiger partial charge in [-0.3, -0.25) is 0 Å². The Morgan fingerprint density at radius 2 is 0.453 bits per heavy atom. The zero-order valence-electron chi connectivity index (χ0n) is 37.9. The second-order valence-corrected chi connectivity index (χ2v) is 24.7. The quantitative estimate of drug-likeness (QED) is 0.156. The van der Waals surface area contributed by atoms with E-state index in [1.54, 1.807) is 0 Å². The minimum atomic E-state index is -1.06. The van der Waals surface area contributed by atoms with E-state index in [1.165, 1.54) is 6.42 Å². The summed E-state index contributed by atoms with van der Waals surface area (Å²) in [6.45, 7) is 0. The molecule has 16 heteroatoms. The van der Waals surface area contributed by atoms with Crippen LogP contribution in [0.15, 0.2) is 0 Å². The number of aliphatic hydroxyl groups excluding tert-OH is 7. The molecule has 0 amide bonds. The van der Waals surface area contributed by atoms with E-state index in [9.17, 15) is 46.0 Å². The van der Waals surface area contributed by atoms with E-state index in [1.807, 2.05) is 0 Å². The predicted molar refractivity (Wildman–Crippen MR) is 231 cm³/mol. The molecular formula is C48H84O16. The lowest BCUT2D eigenvalue weighted by atomic mass is 9.49. The van der Waals surface area contributed by atoms with E-state index in [-0.39, 0.29) is 24.4 Å². The van der Waals surface area contributed by atoms with Crippen LogP contribution in [0.4, 0.5) is 0 Å². The number of rotatable bonds is 0. The summed E-state index contributed by atoms with van der Waals surface area (Å²) >= 11 is 0. The van der Waals surface area contributed by atoms with Crippen LogP contribution >= 0.6 is 0 Å². The highest BCUT2D eigenvalue weighted by atomic mass is 16.4. The SMILES string of the molecule is OC12CC3(O)CC(O)(C1)CC(O)(C2)C3.OC12CC3CC(C1)CC(O)(C3)C2.OC12CC3CC(O)(C1)CC(O)(C3)C2.OC1CC(O)CC(O)C1.OC1CCC(O)CC1.OC1CCCC(O)C1. The van der Waals surface area contributed by atoms with E-state index in [2.05, 4.69) is 0 Å². The van der Waals surface area contributed by atoms with Crippen molar-refractivity contribution in [3.8, 4) is 0 Å². The molecule has 15 rings (SSSR count). The van der Waals surface area contributed by atoms with Crippen LogP contribution in [0.25, 0.3) is 0 Å². The Kier molecular flexibility index (Phi) is 14.9. The Morgan fingerprint density at radius 3 is 0.688 bits per heavy atom. The molecule has 15 aliphatic rings. The van der Waals surface area contributed by atoms with Gasteiger partial charge in [0.25, 0.3) is 0 Å². The molecular weight excluding hydrogens is 833 g/mol. The van der Waals surface area contributed by atoms with Crippen LogP contribution < -0.4 is 0 Å². The topological polar surface area (TPSA) is 324 Å². The van der Waals surface area contributed by atoms with Crippen molar-refractivity contribution < 1.29 is 81.7 Å². The zero-order valence-corrected chi connectivity index (χ0v) is 37.9. The summed E-state index contributed by atoms with van der Waals surface area (Å²) in [5.41, 5.74) is -7.55. The van der Waals surface area contributed by atoms with Crippen LogP contribution in [0, 0.1) is 17.8 Å². The maximum absolute atomic E-state index is 10.1. The lowest BCUT2D eigenvalue weighted by Crippen LogP contribution is -2.71. The van der Waals surface area contributed by atoms with E-state index >= 15 is 0 Å². The first kappa shape index (κ1) is 51.2. The minimum absolute atomic E-state index is 0.140. The van der Waals surface area contributed by atoms with Gasteiger partial charge in [0.05, 0.1) is 93.1 Å². The summed E-state index contributed by atoms with van der Waals surface area (Å²) in [6.07, 6.45) is 16.6. The first-order valence-corrected chi connectivity index (χ1v) is 24.8. The summed E-state index contributed by atoms with van der Waals surface area (Å²) in [5, 5.41) is 153. The van der Waals surface area contributed by atoms with Gasteiger partial charge in [-0.1, -0.05) is 0 Å². The van der Waals surface area contributed by atoms with Gasteiger partial charge in [0, 0.05) is 64.2 Å². The molecule has 0 heterocycles. The molecule has 0 aromatic rings. The smallest absolute Gasteiger partial charge is 0.0729 e. The first-order chi connectivity index (χ1) is 29.5. The van der Waals surface area contributed by atoms with Gasteiger partial charge in [-0.05, 0) is 140 Å². The Morgan fingerprint density at radius 1 is 0.219 bits per heavy atom. The highest BCUT2D eigenvalue weighted by Gasteiger charge is 2.67. The summed E-state index contributed by atoms with van der Waals surface area (Å²) in [5.74, 6) is 1.55. The standard InChI is InChI=1S/C10H16O4.C10H16O3.C10H16O2.C6H12O3.2C6H12O2/c11-7-1-8(12)4-9(13,2-7)6-10(14,3-7)5-8;11-8-1-7-2-9(12,4-8)6-10(13,3-7)5-8;11-9-2-7-1-8(4-9)5-10(12,3-7)6-9;7-4-1-5(8)3-6(9)2-4;7-5-1-2-6(8)4-3-5;7-5-2-1-3-6(8)4-5/h11-14H,1-6H2;7,11-13H,1-6H2;7-8,11-12H,1-6H2;4-9H,1-3H2;2*5-8H,1-4H2. The van der Waals surface area contributed by atoms with Crippen molar-refractivity contribution in [2.75, 3.05) is 0 Å². The normalized spacial score (nSPS) is 55.5. The largest absolute Gasteiger partial charge is 0.393 e. The molecule has 16 nitrogen and oxygen atoms in total. The van der Waals surface area contributed by atoms with E-state index in [0.29, 0.717) is 108 Å². The van der Waals surface area contributed by atoms with Crippen molar-refractivity contribution in [2.45, 2.75) is 279 Å². The molecule has 372 valence electrons. The molecule has 64 heavy (non-hydrogen) atoms. The predicted octanol–water partition coefficient (Wildman–Crippen LogP) is 0.349. The van der Waals surface area contributed by atoms with Gasteiger partial charge in [-0.15, -0.1) is 0 Å². The molecule has 16 N–H and O–H groups in total. The average Bonchev–Trinajstić information content (AvgIpc) is 3.04. The van der Waals surface area contributed by atoms with Gasteiger partial charge in [0.15, 0.2) is 0 Å². The molecule has 0 aliphatic heterocycles. The fourth-order valence-corrected chi connectivity index (χ4v) is 16.3. The highest BCUT2D eigenvalue weighted by Crippen LogP contribution is 2.62. The van der Waals surface area contributed by atoms with Gasteiger partial charge in [0.1, 0.15) is 0 Å². The van der Waals surface area contributed by atoms with Gasteiger partial charge in [-0.25, -0.2) is 0 Å². The summed E-state index contributed by atoms with van der Waals surface area (Å²) < 4.78 is 0. The highest BCUT2D eigenvalue weighted by molar-refractivity contribution is 5.20. The fourth-order valence-electron chi connectivity index (χ4n) is 16.3. The van der Waals surface area contributed by atoms with Gasteiger partial charge in [0.2, 0.25) is 0 Å². The number of aliphatic hydroxyl groups is 16. The van der Waals surface area contributed by atoms with Crippen LogP contribution in [0.2, 0.25) is 0 Å². The van der Waals surface area contributed by atoms with Crippen molar-refractivity contribution in [3.63, 3.8) is 0 Å². The Labute approximate surface area is 378 Å². The summed E-state index contributed by atoms with van der Waals surface area (Å²) in [7, 11) is 0. The third kappa shape index (κ3) is 13.2. The molecule has 0 aromatic heterocycles. The lowest BCUT2D eigenvalue weighted by molar-refractivity contribution is -0.297. The van der Waals surface area contributed by atoms with Crippen molar-refractivity contribution in [1.29, 1.82) is 0 Å². The summed E-state index contributed by atoms with van der Waals surface area (Å²) in [6, 6.07) is 0. The lowest BCUT2D eigenvalue weighted by Gasteiger charge is -2.64. The third-order valence-corrected chi connectivity index (χ3v) is 16.8. The Balaban J connectivity index is 0.000000117. The van der Waals surface area contributed by atoms with Crippen LogP contribution in [-0.2, 0) is 0 Å². The van der Waals surface area contributed by atoms with Crippen molar-refractivity contribution >= 4 is 0 Å². The molecule has 15 aliphatic carbocycles. The molecule has 0 spiro atoms. The minimum Gasteiger partial charge on any atom is -0.393 e. The molecule has 0 saturated heterocycles. The molecule has 15 fully saturated rings. The van der Waals surface area contributed by atoms with E-state index in [0.717, 1.165) is 89.9 Å². The van der Waals surface area contributed by atoms with Crippen LogP contribution in [0.3, 0.4) is 0 Å². The molecule has 0 aromatic carbocycles. The zero-order chi connectivity index (χ0) is 46.8. The Bertz CT molecular complexity index is 1350. The summed E-state index contributed by atoms with van der Waals surface area (Å²) in [4.78, 5) is 0. The Hall–Kier alpha value is -0.640. The van der Waals surface area contributed by atoms with E-state index in [4.69, 9.17) is 35.7 Å². The van der Waals surface area contributed by atoms with Crippen molar-refractivity contribution in [1.82, 2.24) is 0 Å². The monoisotopic (exact) mass is 917 g/mol. The van der Waals surface area contributed by atoms with E-state index < -0.39 is 68.7 Å². The molecule has 2 unspecified atom stereocenters. The van der Waals surface area contributed by atoms with Crippen LogP contribution in [0.5, 0.6) is 0 Å². The molecule has 15 saturated carbocycles. The van der Waals surface area contributed by atoms with Gasteiger partial charge in [-0.2, -0.15) is 0 Å². The van der Waals surface area contributed by atoms with Crippen LogP contribution in [-0.4, -0.2) is 175 Å². The fraction of sp³-hybridized carbons (Fsp3) is 1.00. The molecule has 12 bridgehead atoms. The van der Waals surface area contributed by atoms with Crippen molar-refractivity contribution in [3.05, 3.63) is 0 Å². The average molecular weight is 917 g/mol. The number of hydrogen-bond acceptors (Lipinski definition) is 16. The van der Waals surface area contributed by atoms with Crippen molar-refractivity contribution in [2.24, 2.45) is 17.8 Å². The molecule has 2 atom stereocenters. The van der Waals surface area contributed by atoms with Gasteiger partial charge < -0.3 is 81.7 Å². The maximum atomic E-state index is 10.1. The third-order valence-electron chi connectivity index (χ3n) is 16.8. The van der Waals surface area contributed by atoms with Crippen LogP contribution in [0.1, 0.15) is 186 Å². The maximum Gasteiger partial charge on any atom is 0.0729 e. The second-order valence-electron chi connectivity index (χ2n) is 24.7.